The van der Waals surface area contributed by atoms with E-state index in [0.717, 1.165) is 22.5 Å². The zero-order valence-corrected chi connectivity index (χ0v) is 12.2. The van der Waals surface area contributed by atoms with E-state index in [0.29, 0.717) is 17.3 Å². The van der Waals surface area contributed by atoms with E-state index < -0.39 is 0 Å². The van der Waals surface area contributed by atoms with Gasteiger partial charge in [0.1, 0.15) is 12.0 Å². The number of hydrogen-bond acceptors (Lipinski definition) is 5. The first-order chi connectivity index (χ1) is 10.3. The molecule has 5 heteroatoms. The van der Waals surface area contributed by atoms with Crippen molar-refractivity contribution in [2.45, 2.75) is 6.42 Å². The number of oxazole rings is 1. The van der Waals surface area contributed by atoms with Crippen LogP contribution in [0.25, 0.3) is 22.1 Å². The fourth-order valence-corrected chi connectivity index (χ4v) is 2.78. The van der Waals surface area contributed by atoms with Crippen molar-refractivity contribution in [1.82, 2.24) is 4.98 Å². The Morgan fingerprint density at radius 2 is 2.24 bits per heavy atom. The van der Waals surface area contributed by atoms with Gasteiger partial charge in [0.05, 0.1) is 17.7 Å². The van der Waals surface area contributed by atoms with Crippen molar-refractivity contribution in [1.29, 1.82) is 0 Å². The van der Waals surface area contributed by atoms with Gasteiger partial charge in [-0.1, -0.05) is 12.1 Å². The third-order valence-electron chi connectivity index (χ3n) is 3.04. The average Bonchev–Trinajstić information content (AvgIpc) is 3.16. The lowest BCUT2D eigenvalue weighted by Crippen LogP contribution is -1.88. The number of benzene rings is 1. The highest BCUT2D eigenvalue weighted by Crippen LogP contribution is 2.33. The highest BCUT2D eigenvalue weighted by Gasteiger charge is 2.17. The predicted octanol–water partition coefficient (Wildman–Crippen LogP) is 3.82. The maximum Gasteiger partial charge on any atom is 0.227 e. The molecule has 0 N–H and O–H groups in total. The Hall–Kier alpha value is -2.40. The first-order valence-electron chi connectivity index (χ1n) is 6.43. The molecule has 0 saturated carbocycles. The molecule has 0 radical (unpaired) electrons. The molecule has 3 rings (SSSR count). The SMILES string of the molecule is COc1cccc(-c2nc(CC=O)c(-c3cccs3)o2)c1. The smallest absolute Gasteiger partial charge is 0.227 e. The van der Waals surface area contributed by atoms with Crippen molar-refractivity contribution in [3.05, 3.63) is 47.5 Å². The summed E-state index contributed by atoms with van der Waals surface area (Å²) in [6.07, 6.45) is 1.07. The van der Waals surface area contributed by atoms with E-state index in [1.54, 1.807) is 18.4 Å². The van der Waals surface area contributed by atoms with Crippen LogP contribution in [0.2, 0.25) is 0 Å². The molecule has 106 valence electrons. The van der Waals surface area contributed by atoms with E-state index >= 15 is 0 Å². The topological polar surface area (TPSA) is 52.3 Å². The number of ether oxygens (including phenoxy) is 1. The fraction of sp³-hybridized carbons (Fsp3) is 0.125. The van der Waals surface area contributed by atoms with Gasteiger partial charge < -0.3 is 13.9 Å². The maximum atomic E-state index is 10.8. The van der Waals surface area contributed by atoms with Gasteiger partial charge >= 0.3 is 0 Å². The van der Waals surface area contributed by atoms with Gasteiger partial charge in [0.15, 0.2) is 5.76 Å². The summed E-state index contributed by atoms with van der Waals surface area (Å²) in [7, 11) is 1.61. The van der Waals surface area contributed by atoms with E-state index in [4.69, 9.17) is 9.15 Å². The molecule has 0 aliphatic carbocycles. The largest absolute Gasteiger partial charge is 0.497 e. The molecule has 4 nitrogen and oxygen atoms in total. The summed E-state index contributed by atoms with van der Waals surface area (Å²) in [5.74, 6) is 1.89. The molecule has 0 amide bonds. The third-order valence-corrected chi connectivity index (χ3v) is 3.90. The Kier molecular flexibility index (Phi) is 3.83. The number of nitrogens with zero attached hydrogens (tertiary/aromatic N) is 1. The quantitative estimate of drug-likeness (QED) is 0.672. The molecule has 1 aromatic carbocycles. The summed E-state index contributed by atoms with van der Waals surface area (Å²) >= 11 is 1.56. The second kappa shape index (κ2) is 5.93. The molecular weight excluding hydrogens is 286 g/mol. The van der Waals surface area contributed by atoms with Crippen LogP contribution in [0.3, 0.4) is 0 Å². The predicted molar refractivity (Wildman–Crippen MR) is 81.6 cm³/mol. The Labute approximate surface area is 126 Å². The molecule has 0 bridgehead atoms. The van der Waals surface area contributed by atoms with Crippen LogP contribution in [0, 0.1) is 0 Å². The zero-order chi connectivity index (χ0) is 14.7. The number of carbonyl (C=O) groups is 1. The molecule has 0 atom stereocenters. The molecule has 0 fully saturated rings. The van der Waals surface area contributed by atoms with Crippen molar-refractivity contribution in [3.63, 3.8) is 0 Å². The van der Waals surface area contributed by atoms with E-state index in [9.17, 15) is 4.79 Å². The van der Waals surface area contributed by atoms with Crippen LogP contribution in [0.15, 0.2) is 46.2 Å². The number of rotatable bonds is 5. The van der Waals surface area contributed by atoms with Crippen LogP contribution in [0.4, 0.5) is 0 Å². The minimum Gasteiger partial charge on any atom is -0.497 e. The summed E-state index contributed by atoms with van der Waals surface area (Å²) < 4.78 is 11.1. The molecule has 0 aliphatic rings. The highest BCUT2D eigenvalue weighted by molar-refractivity contribution is 7.13. The maximum absolute atomic E-state index is 10.8. The third kappa shape index (κ3) is 2.73. The number of hydrogen-bond donors (Lipinski definition) is 0. The first-order valence-corrected chi connectivity index (χ1v) is 7.31. The number of aromatic nitrogens is 1. The summed E-state index contributed by atoms with van der Waals surface area (Å²) in [6, 6.07) is 11.4. The number of carbonyl (C=O) groups excluding carboxylic acids is 1. The van der Waals surface area contributed by atoms with Crippen LogP contribution in [0.1, 0.15) is 5.69 Å². The van der Waals surface area contributed by atoms with Crippen molar-refractivity contribution in [2.24, 2.45) is 0 Å². The fourth-order valence-electron chi connectivity index (χ4n) is 2.05. The molecule has 21 heavy (non-hydrogen) atoms. The first kappa shape index (κ1) is 13.6. The van der Waals surface area contributed by atoms with E-state index in [1.807, 2.05) is 41.8 Å². The van der Waals surface area contributed by atoms with Crippen LogP contribution in [-0.2, 0) is 11.2 Å². The summed E-state index contributed by atoms with van der Waals surface area (Å²) in [5.41, 5.74) is 1.48. The molecule has 0 aliphatic heterocycles. The standard InChI is InChI=1S/C16H13NO3S/c1-19-12-5-2-4-11(10-12)16-17-13(7-8-18)15(20-16)14-6-3-9-21-14/h2-6,8-10H,7H2,1H3. The second-order valence-corrected chi connectivity index (χ2v) is 5.32. The summed E-state index contributed by atoms with van der Waals surface area (Å²) in [5, 5.41) is 1.97. The lowest BCUT2D eigenvalue weighted by atomic mass is 10.2. The minimum atomic E-state index is 0.237. The average molecular weight is 299 g/mol. The molecule has 2 heterocycles. The zero-order valence-electron chi connectivity index (χ0n) is 11.4. The van der Waals surface area contributed by atoms with Crippen molar-refractivity contribution in [3.8, 4) is 27.8 Å². The van der Waals surface area contributed by atoms with Gasteiger partial charge in [-0.3, -0.25) is 0 Å². The number of thiophene rings is 1. The van der Waals surface area contributed by atoms with Crippen molar-refractivity contribution < 1.29 is 13.9 Å². The van der Waals surface area contributed by atoms with Crippen LogP contribution in [-0.4, -0.2) is 18.4 Å². The molecule has 2 aromatic heterocycles. The van der Waals surface area contributed by atoms with E-state index in [1.165, 1.54) is 0 Å². The van der Waals surface area contributed by atoms with Crippen LogP contribution < -0.4 is 4.74 Å². The molecule has 3 aromatic rings. The lowest BCUT2D eigenvalue weighted by molar-refractivity contribution is -0.107. The monoisotopic (exact) mass is 299 g/mol. The van der Waals surface area contributed by atoms with E-state index in [-0.39, 0.29) is 6.42 Å². The van der Waals surface area contributed by atoms with Gasteiger partial charge in [-0.05, 0) is 29.6 Å². The minimum absolute atomic E-state index is 0.237. The molecule has 0 unspecified atom stereocenters. The molecule has 0 saturated heterocycles. The highest BCUT2D eigenvalue weighted by atomic mass is 32.1. The molecule has 0 spiro atoms. The Bertz CT molecular complexity index is 747. The second-order valence-electron chi connectivity index (χ2n) is 4.37. The van der Waals surface area contributed by atoms with Gasteiger partial charge in [-0.2, -0.15) is 0 Å². The Balaban J connectivity index is 2.07. The Morgan fingerprint density at radius 3 is 2.95 bits per heavy atom. The summed E-state index contributed by atoms with van der Waals surface area (Å²) in [6.45, 7) is 0. The van der Waals surface area contributed by atoms with Crippen LogP contribution >= 0.6 is 11.3 Å². The normalized spacial score (nSPS) is 10.5. The van der Waals surface area contributed by atoms with Gasteiger partial charge in [0.2, 0.25) is 5.89 Å². The van der Waals surface area contributed by atoms with Gasteiger partial charge in [-0.25, -0.2) is 4.98 Å². The van der Waals surface area contributed by atoms with Crippen molar-refractivity contribution >= 4 is 17.6 Å². The van der Waals surface area contributed by atoms with E-state index in [2.05, 4.69) is 4.98 Å². The number of methoxy groups -OCH3 is 1. The summed E-state index contributed by atoms with van der Waals surface area (Å²) in [4.78, 5) is 16.3. The van der Waals surface area contributed by atoms with Crippen LogP contribution in [0.5, 0.6) is 5.75 Å². The van der Waals surface area contributed by atoms with Gasteiger partial charge in [0, 0.05) is 12.0 Å². The Morgan fingerprint density at radius 1 is 1.33 bits per heavy atom. The molecular formula is C16H13NO3S. The number of aldehydes is 1. The van der Waals surface area contributed by atoms with Gasteiger partial charge in [-0.15, -0.1) is 11.3 Å². The lowest BCUT2D eigenvalue weighted by Gasteiger charge is -2.00. The van der Waals surface area contributed by atoms with Gasteiger partial charge in [0.25, 0.3) is 0 Å². The van der Waals surface area contributed by atoms with Crippen molar-refractivity contribution in [2.75, 3.05) is 7.11 Å².